The largest absolute Gasteiger partial charge is 0.310 e. The molecule has 0 aliphatic heterocycles. The van der Waals surface area contributed by atoms with Crippen LogP contribution >= 0.6 is 0 Å². The van der Waals surface area contributed by atoms with Crippen molar-refractivity contribution in [2.24, 2.45) is 17.8 Å². The van der Waals surface area contributed by atoms with Gasteiger partial charge in [0.1, 0.15) is 5.82 Å². The van der Waals surface area contributed by atoms with Crippen LogP contribution in [0, 0.1) is 24.7 Å². The molecule has 90 valence electrons. The van der Waals surface area contributed by atoms with E-state index in [9.17, 15) is 4.79 Å². The summed E-state index contributed by atoms with van der Waals surface area (Å²) >= 11 is 0. The van der Waals surface area contributed by atoms with Gasteiger partial charge in [0.2, 0.25) is 5.91 Å². The number of pyridine rings is 1. The van der Waals surface area contributed by atoms with E-state index >= 15 is 0 Å². The van der Waals surface area contributed by atoms with Crippen LogP contribution in [-0.2, 0) is 4.79 Å². The zero-order valence-corrected chi connectivity index (χ0v) is 10.1. The summed E-state index contributed by atoms with van der Waals surface area (Å²) in [5.74, 6) is 2.53. The Bertz CT molecular complexity index is 426. The van der Waals surface area contributed by atoms with Gasteiger partial charge in [-0.3, -0.25) is 4.79 Å². The van der Waals surface area contributed by atoms with E-state index in [1.54, 1.807) is 6.20 Å². The Morgan fingerprint density at radius 2 is 2.24 bits per heavy atom. The van der Waals surface area contributed by atoms with Gasteiger partial charge in [0.05, 0.1) is 0 Å². The molecule has 2 aliphatic rings. The average molecular weight is 230 g/mol. The number of amides is 1. The Morgan fingerprint density at radius 3 is 2.82 bits per heavy atom. The van der Waals surface area contributed by atoms with Gasteiger partial charge < -0.3 is 5.32 Å². The third-order valence-electron chi connectivity index (χ3n) is 4.24. The molecule has 1 aromatic heterocycles. The molecule has 1 N–H and O–H groups in total. The smallest absolute Gasteiger partial charge is 0.228 e. The first-order valence-electron chi connectivity index (χ1n) is 6.46. The molecule has 0 saturated heterocycles. The summed E-state index contributed by atoms with van der Waals surface area (Å²) < 4.78 is 0. The molecule has 3 atom stereocenters. The van der Waals surface area contributed by atoms with E-state index in [1.165, 1.54) is 19.3 Å². The van der Waals surface area contributed by atoms with Crippen LogP contribution in [0.3, 0.4) is 0 Å². The fourth-order valence-corrected chi connectivity index (χ4v) is 3.33. The minimum Gasteiger partial charge on any atom is -0.310 e. The molecule has 0 spiro atoms. The lowest BCUT2D eigenvalue weighted by Gasteiger charge is -2.20. The maximum Gasteiger partial charge on any atom is 0.228 e. The lowest BCUT2D eigenvalue weighted by Crippen LogP contribution is -2.27. The van der Waals surface area contributed by atoms with E-state index < -0.39 is 0 Å². The first-order valence-corrected chi connectivity index (χ1v) is 6.46. The number of fused-ring (bicyclic) bond motifs is 2. The monoisotopic (exact) mass is 230 g/mol. The van der Waals surface area contributed by atoms with E-state index in [2.05, 4.69) is 10.3 Å². The zero-order valence-electron chi connectivity index (χ0n) is 10.1. The molecular formula is C14H18N2O. The van der Waals surface area contributed by atoms with Crippen LogP contribution in [-0.4, -0.2) is 10.9 Å². The van der Waals surface area contributed by atoms with Crippen LogP contribution in [0.5, 0.6) is 0 Å². The average Bonchev–Trinajstić information content (AvgIpc) is 2.94. The fourth-order valence-electron chi connectivity index (χ4n) is 3.33. The lowest BCUT2D eigenvalue weighted by atomic mass is 9.88. The van der Waals surface area contributed by atoms with Crippen molar-refractivity contribution >= 4 is 11.7 Å². The molecule has 1 amide bonds. The Hall–Kier alpha value is -1.38. The number of hydrogen-bond acceptors (Lipinski definition) is 2. The number of aromatic nitrogens is 1. The van der Waals surface area contributed by atoms with Gasteiger partial charge in [0.25, 0.3) is 0 Å². The van der Waals surface area contributed by atoms with Crippen molar-refractivity contribution in [1.82, 2.24) is 4.98 Å². The molecule has 1 aromatic rings. The highest BCUT2D eigenvalue weighted by molar-refractivity contribution is 5.92. The number of anilines is 1. The summed E-state index contributed by atoms with van der Waals surface area (Å²) in [6, 6.07) is 3.85. The molecule has 1 heterocycles. The van der Waals surface area contributed by atoms with E-state index in [-0.39, 0.29) is 11.8 Å². The minimum absolute atomic E-state index is 0.175. The predicted octanol–water partition coefficient (Wildman–Crippen LogP) is 2.76. The molecule has 2 saturated carbocycles. The van der Waals surface area contributed by atoms with Crippen molar-refractivity contribution in [2.75, 3.05) is 5.32 Å². The predicted molar refractivity (Wildman–Crippen MR) is 66.5 cm³/mol. The van der Waals surface area contributed by atoms with Gasteiger partial charge in [-0.05, 0) is 49.7 Å². The molecule has 0 radical (unpaired) electrons. The van der Waals surface area contributed by atoms with Gasteiger partial charge in [-0.25, -0.2) is 4.98 Å². The number of carbonyl (C=O) groups excluding carboxylic acids is 1. The molecule has 0 unspecified atom stereocenters. The van der Waals surface area contributed by atoms with Gasteiger partial charge in [-0.1, -0.05) is 12.5 Å². The van der Waals surface area contributed by atoms with Crippen molar-refractivity contribution in [3.8, 4) is 0 Å². The summed E-state index contributed by atoms with van der Waals surface area (Å²) in [6.45, 7) is 1.99. The Labute approximate surface area is 102 Å². The van der Waals surface area contributed by atoms with Crippen molar-refractivity contribution in [1.29, 1.82) is 0 Å². The van der Waals surface area contributed by atoms with Gasteiger partial charge in [0.15, 0.2) is 0 Å². The quantitative estimate of drug-likeness (QED) is 0.848. The molecule has 3 rings (SSSR count). The second-order valence-electron chi connectivity index (χ2n) is 5.49. The molecular weight excluding hydrogens is 212 g/mol. The van der Waals surface area contributed by atoms with Crippen molar-refractivity contribution in [2.45, 2.75) is 32.6 Å². The molecule has 0 aromatic carbocycles. The third kappa shape index (κ3) is 2.06. The first-order chi connectivity index (χ1) is 8.22. The van der Waals surface area contributed by atoms with Gasteiger partial charge in [-0.15, -0.1) is 0 Å². The molecule has 2 bridgehead atoms. The number of nitrogens with zero attached hydrogens (tertiary/aromatic N) is 1. The van der Waals surface area contributed by atoms with Crippen LogP contribution in [0.1, 0.15) is 31.2 Å². The maximum absolute atomic E-state index is 12.1. The van der Waals surface area contributed by atoms with E-state index in [4.69, 9.17) is 0 Å². The lowest BCUT2D eigenvalue weighted by molar-refractivity contribution is -0.121. The van der Waals surface area contributed by atoms with E-state index in [0.717, 1.165) is 17.9 Å². The number of carbonyl (C=O) groups is 1. The van der Waals surface area contributed by atoms with Crippen LogP contribution < -0.4 is 5.32 Å². The summed E-state index contributed by atoms with van der Waals surface area (Å²) in [6.07, 6.45) is 6.71. The second kappa shape index (κ2) is 4.13. The van der Waals surface area contributed by atoms with Crippen LogP contribution in [0.4, 0.5) is 5.82 Å². The normalized spacial score (nSPS) is 30.5. The highest BCUT2D eigenvalue weighted by atomic mass is 16.2. The highest BCUT2D eigenvalue weighted by Gasteiger charge is 2.43. The summed E-state index contributed by atoms with van der Waals surface area (Å²) in [7, 11) is 0. The van der Waals surface area contributed by atoms with Crippen molar-refractivity contribution in [3.63, 3.8) is 0 Å². The molecule has 3 nitrogen and oxygen atoms in total. The highest BCUT2D eigenvalue weighted by Crippen LogP contribution is 2.48. The number of rotatable bonds is 2. The van der Waals surface area contributed by atoms with Crippen molar-refractivity contribution < 1.29 is 4.79 Å². The minimum atomic E-state index is 0.175. The van der Waals surface area contributed by atoms with Gasteiger partial charge in [-0.2, -0.15) is 0 Å². The van der Waals surface area contributed by atoms with Gasteiger partial charge in [0, 0.05) is 12.1 Å². The van der Waals surface area contributed by atoms with Crippen LogP contribution in [0.25, 0.3) is 0 Å². The van der Waals surface area contributed by atoms with Crippen LogP contribution in [0.2, 0.25) is 0 Å². The SMILES string of the molecule is Cc1ccc(NC(=O)[C@@H]2C[C@H]3CC[C@H]2C3)nc1. The second-order valence-corrected chi connectivity index (χ2v) is 5.49. The number of nitrogens with one attached hydrogen (secondary N) is 1. The third-order valence-corrected chi connectivity index (χ3v) is 4.24. The molecule has 2 fully saturated rings. The number of aryl methyl sites for hydroxylation is 1. The molecule has 2 aliphatic carbocycles. The summed E-state index contributed by atoms with van der Waals surface area (Å²) in [5.41, 5.74) is 1.11. The zero-order chi connectivity index (χ0) is 11.8. The Morgan fingerprint density at radius 1 is 1.35 bits per heavy atom. The standard InChI is InChI=1S/C14H18N2O/c1-9-2-5-13(15-8-9)16-14(17)12-7-10-3-4-11(12)6-10/h2,5,8,10-12H,3-4,6-7H2,1H3,(H,15,16,17)/t10-,11-,12+/m0/s1. The summed E-state index contributed by atoms with van der Waals surface area (Å²) in [4.78, 5) is 16.4. The molecule has 17 heavy (non-hydrogen) atoms. The first kappa shape index (κ1) is 10.8. The Kier molecular flexibility index (Phi) is 2.61. The van der Waals surface area contributed by atoms with Gasteiger partial charge >= 0.3 is 0 Å². The van der Waals surface area contributed by atoms with E-state index in [0.29, 0.717) is 11.7 Å². The number of hydrogen-bond donors (Lipinski definition) is 1. The van der Waals surface area contributed by atoms with Crippen LogP contribution in [0.15, 0.2) is 18.3 Å². The van der Waals surface area contributed by atoms with Crippen molar-refractivity contribution in [3.05, 3.63) is 23.9 Å². The maximum atomic E-state index is 12.1. The Balaban J connectivity index is 1.65. The fraction of sp³-hybridized carbons (Fsp3) is 0.571. The topological polar surface area (TPSA) is 42.0 Å². The molecule has 3 heteroatoms. The van der Waals surface area contributed by atoms with E-state index in [1.807, 2.05) is 19.1 Å². The summed E-state index contributed by atoms with van der Waals surface area (Å²) in [5, 5.41) is 2.95.